The molecule has 56 heavy (non-hydrogen) atoms. The average molecular weight is 715 g/mol. The fourth-order valence-electron chi connectivity index (χ4n) is 8.41. The van der Waals surface area contributed by atoms with Gasteiger partial charge >= 0.3 is 0 Å². The van der Waals surface area contributed by atoms with Crippen molar-refractivity contribution in [2.45, 2.75) is 0 Å². The lowest BCUT2D eigenvalue weighted by Crippen LogP contribution is -1.98. The minimum atomic E-state index is 0.691. The fourth-order valence-corrected chi connectivity index (χ4v) is 8.41. The summed E-state index contributed by atoms with van der Waals surface area (Å²) >= 11 is 0. The smallest absolute Gasteiger partial charge is 0.160 e. The van der Waals surface area contributed by atoms with Crippen molar-refractivity contribution in [1.29, 1.82) is 0 Å². The van der Waals surface area contributed by atoms with Gasteiger partial charge in [-0.05, 0) is 71.8 Å². The zero-order chi connectivity index (χ0) is 37.0. The molecule has 4 nitrogen and oxygen atoms in total. The second-order valence-corrected chi connectivity index (χ2v) is 14.2. The van der Waals surface area contributed by atoms with Crippen LogP contribution >= 0.6 is 0 Å². The molecule has 0 aliphatic rings. The van der Waals surface area contributed by atoms with E-state index in [4.69, 9.17) is 9.97 Å². The highest BCUT2D eigenvalue weighted by Crippen LogP contribution is 2.41. The topological polar surface area (TPSA) is 35.6 Å². The van der Waals surface area contributed by atoms with E-state index in [9.17, 15) is 0 Å². The van der Waals surface area contributed by atoms with E-state index < -0.39 is 0 Å². The highest BCUT2D eigenvalue weighted by atomic mass is 15.0. The standard InChI is InChI=1S/C52H34N4/c1-4-16-35(17-5-1)45-34-46(36-18-6-2-7-19-36)54-52(53-45)38-20-14-23-40(32-38)56-48-28-13-11-25-43(48)51-41(26-15-29-50(51)56)37-30-31-49-44(33-37)42-24-10-12-27-47(42)55(49)39-21-8-3-9-22-39/h1-34H. The number of aromatic nitrogens is 4. The predicted octanol–water partition coefficient (Wildman–Crippen LogP) is 13.3. The van der Waals surface area contributed by atoms with Gasteiger partial charge in [-0.1, -0.05) is 146 Å². The monoisotopic (exact) mass is 714 g/mol. The lowest BCUT2D eigenvalue weighted by molar-refractivity contribution is 1.16. The minimum Gasteiger partial charge on any atom is -0.309 e. The first-order valence-corrected chi connectivity index (χ1v) is 19.0. The van der Waals surface area contributed by atoms with Gasteiger partial charge in [-0.3, -0.25) is 0 Å². The summed E-state index contributed by atoms with van der Waals surface area (Å²) in [6.07, 6.45) is 0. The molecule has 0 saturated carbocycles. The first kappa shape index (κ1) is 31.9. The lowest BCUT2D eigenvalue weighted by atomic mass is 9.98. The van der Waals surface area contributed by atoms with E-state index in [1.807, 2.05) is 12.1 Å². The first-order chi connectivity index (χ1) is 27.8. The molecule has 0 aliphatic carbocycles. The van der Waals surface area contributed by atoms with Gasteiger partial charge in [0, 0.05) is 49.6 Å². The largest absolute Gasteiger partial charge is 0.309 e. The second-order valence-electron chi connectivity index (χ2n) is 14.2. The number of hydrogen-bond donors (Lipinski definition) is 0. The fraction of sp³-hybridized carbons (Fsp3) is 0. The summed E-state index contributed by atoms with van der Waals surface area (Å²) in [5.41, 5.74) is 14.2. The lowest BCUT2D eigenvalue weighted by Gasteiger charge is -2.12. The van der Waals surface area contributed by atoms with Gasteiger partial charge in [0.15, 0.2) is 5.82 Å². The normalized spacial score (nSPS) is 11.6. The molecular formula is C52H34N4. The van der Waals surface area contributed by atoms with Gasteiger partial charge in [0.2, 0.25) is 0 Å². The Labute approximate surface area is 324 Å². The van der Waals surface area contributed by atoms with E-state index >= 15 is 0 Å². The highest BCUT2D eigenvalue weighted by Gasteiger charge is 2.19. The van der Waals surface area contributed by atoms with E-state index in [1.165, 1.54) is 43.7 Å². The van der Waals surface area contributed by atoms with Crippen molar-refractivity contribution in [2.75, 3.05) is 0 Å². The molecular weight excluding hydrogens is 681 g/mol. The van der Waals surface area contributed by atoms with E-state index in [0.717, 1.165) is 50.5 Å². The Morgan fingerprint density at radius 2 is 0.821 bits per heavy atom. The van der Waals surface area contributed by atoms with Crippen molar-refractivity contribution in [1.82, 2.24) is 19.1 Å². The Morgan fingerprint density at radius 3 is 1.54 bits per heavy atom. The SMILES string of the molecule is c1ccc(-c2cc(-c3ccccc3)nc(-c3cccc(-n4c5ccccc5c5c(-c6ccc7c(c6)c6ccccc6n7-c6ccccc6)cccc54)c3)n2)cc1. The number of benzene rings is 8. The Bertz CT molecular complexity index is 3170. The number of nitrogens with zero attached hydrogens (tertiary/aromatic N) is 4. The quantitative estimate of drug-likeness (QED) is 0.172. The van der Waals surface area contributed by atoms with Crippen molar-refractivity contribution in [3.8, 4) is 56.4 Å². The molecule has 0 radical (unpaired) electrons. The summed E-state index contributed by atoms with van der Waals surface area (Å²) in [6, 6.07) is 73.2. The van der Waals surface area contributed by atoms with Gasteiger partial charge < -0.3 is 9.13 Å². The molecule has 0 bridgehead atoms. The second kappa shape index (κ2) is 13.1. The van der Waals surface area contributed by atoms with Crippen molar-refractivity contribution in [3.05, 3.63) is 206 Å². The molecule has 0 saturated heterocycles. The Kier molecular flexibility index (Phi) is 7.46. The van der Waals surface area contributed by atoms with Crippen LogP contribution in [0.1, 0.15) is 0 Å². The van der Waals surface area contributed by atoms with Crippen LogP contribution in [0.15, 0.2) is 206 Å². The molecule has 4 heteroatoms. The average Bonchev–Trinajstić information content (AvgIpc) is 3.80. The highest BCUT2D eigenvalue weighted by molar-refractivity contribution is 6.17. The number of fused-ring (bicyclic) bond motifs is 6. The van der Waals surface area contributed by atoms with E-state index in [1.54, 1.807) is 0 Å². The molecule has 3 heterocycles. The summed E-state index contributed by atoms with van der Waals surface area (Å²) in [4.78, 5) is 10.3. The molecule has 0 aliphatic heterocycles. The summed E-state index contributed by atoms with van der Waals surface area (Å²) in [6.45, 7) is 0. The van der Waals surface area contributed by atoms with Crippen LogP contribution in [0.2, 0.25) is 0 Å². The van der Waals surface area contributed by atoms with E-state index in [0.29, 0.717) is 5.82 Å². The van der Waals surface area contributed by atoms with Gasteiger partial charge in [0.25, 0.3) is 0 Å². The molecule has 11 aromatic rings. The summed E-state index contributed by atoms with van der Waals surface area (Å²) in [5.74, 6) is 0.691. The van der Waals surface area contributed by atoms with Crippen molar-refractivity contribution in [2.24, 2.45) is 0 Å². The van der Waals surface area contributed by atoms with Crippen molar-refractivity contribution < 1.29 is 0 Å². The molecule has 0 unspecified atom stereocenters. The summed E-state index contributed by atoms with van der Waals surface area (Å²) in [5, 5.41) is 4.92. The number of rotatable bonds is 6. The van der Waals surface area contributed by atoms with Crippen LogP contribution in [-0.4, -0.2) is 19.1 Å². The summed E-state index contributed by atoms with van der Waals surface area (Å²) < 4.78 is 4.76. The molecule has 11 rings (SSSR count). The molecule has 0 fully saturated rings. The number of hydrogen-bond acceptors (Lipinski definition) is 2. The van der Waals surface area contributed by atoms with Gasteiger partial charge in [0.05, 0.1) is 33.5 Å². The minimum absolute atomic E-state index is 0.691. The van der Waals surface area contributed by atoms with Crippen molar-refractivity contribution >= 4 is 43.6 Å². The van der Waals surface area contributed by atoms with Crippen LogP contribution in [0.3, 0.4) is 0 Å². The third-order valence-electron chi connectivity index (χ3n) is 10.9. The van der Waals surface area contributed by atoms with Crippen LogP contribution in [0.5, 0.6) is 0 Å². The van der Waals surface area contributed by atoms with Crippen LogP contribution in [-0.2, 0) is 0 Å². The van der Waals surface area contributed by atoms with Crippen LogP contribution < -0.4 is 0 Å². The first-order valence-electron chi connectivity index (χ1n) is 19.0. The van der Waals surface area contributed by atoms with Gasteiger partial charge in [0.1, 0.15) is 0 Å². The Morgan fingerprint density at radius 1 is 0.304 bits per heavy atom. The van der Waals surface area contributed by atoms with Crippen LogP contribution in [0, 0.1) is 0 Å². The molecule has 0 amide bonds. The van der Waals surface area contributed by atoms with Crippen LogP contribution in [0.4, 0.5) is 0 Å². The molecule has 262 valence electrons. The maximum absolute atomic E-state index is 5.15. The Balaban J connectivity index is 1.09. The third-order valence-corrected chi connectivity index (χ3v) is 10.9. The van der Waals surface area contributed by atoms with Crippen molar-refractivity contribution in [3.63, 3.8) is 0 Å². The molecule has 0 spiro atoms. The van der Waals surface area contributed by atoms with E-state index in [-0.39, 0.29) is 0 Å². The zero-order valence-corrected chi connectivity index (χ0v) is 30.4. The number of para-hydroxylation sites is 3. The zero-order valence-electron chi connectivity index (χ0n) is 30.4. The predicted molar refractivity (Wildman–Crippen MR) is 232 cm³/mol. The molecule has 0 atom stereocenters. The maximum Gasteiger partial charge on any atom is 0.160 e. The third kappa shape index (κ3) is 5.23. The Hall–Kier alpha value is -7.56. The van der Waals surface area contributed by atoms with Crippen LogP contribution in [0.25, 0.3) is 100 Å². The van der Waals surface area contributed by atoms with Gasteiger partial charge in [-0.25, -0.2) is 9.97 Å². The van der Waals surface area contributed by atoms with E-state index in [2.05, 4.69) is 203 Å². The molecule has 3 aromatic heterocycles. The molecule has 8 aromatic carbocycles. The van der Waals surface area contributed by atoms with Gasteiger partial charge in [-0.2, -0.15) is 0 Å². The summed E-state index contributed by atoms with van der Waals surface area (Å²) in [7, 11) is 0. The maximum atomic E-state index is 5.15. The molecule has 0 N–H and O–H groups in total. The van der Waals surface area contributed by atoms with Gasteiger partial charge in [-0.15, -0.1) is 0 Å².